The summed E-state index contributed by atoms with van der Waals surface area (Å²) in [6.07, 6.45) is 3.37. The minimum atomic E-state index is -0.356. The van der Waals surface area contributed by atoms with Crippen molar-refractivity contribution in [2.45, 2.75) is 25.7 Å². The first-order valence-electron chi connectivity index (χ1n) is 10.9. The molecule has 0 saturated carbocycles. The average Bonchev–Trinajstić information content (AvgIpc) is 3.35. The normalized spacial score (nSPS) is 18.5. The van der Waals surface area contributed by atoms with Gasteiger partial charge in [-0.3, -0.25) is 14.4 Å². The van der Waals surface area contributed by atoms with E-state index in [2.05, 4.69) is 5.32 Å². The Morgan fingerprint density at radius 3 is 2.19 bits per heavy atom. The number of rotatable bonds is 4. The SMILES string of the molecule is O=C(Nc1ccc(Cl)cc1C(=O)N1CCCC1)C1CCCN(C(=O)c2ccc(Cl)cc2)C1. The molecule has 0 spiro atoms. The number of piperidine rings is 1. The topological polar surface area (TPSA) is 69.7 Å². The lowest BCUT2D eigenvalue weighted by molar-refractivity contribution is -0.121. The van der Waals surface area contributed by atoms with Crippen LogP contribution < -0.4 is 5.32 Å². The van der Waals surface area contributed by atoms with Gasteiger partial charge in [0.15, 0.2) is 0 Å². The van der Waals surface area contributed by atoms with Crippen molar-refractivity contribution in [3.8, 4) is 0 Å². The lowest BCUT2D eigenvalue weighted by Crippen LogP contribution is -2.44. The van der Waals surface area contributed by atoms with E-state index in [0.29, 0.717) is 59.5 Å². The van der Waals surface area contributed by atoms with Gasteiger partial charge in [-0.2, -0.15) is 0 Å². The molecule has 4 rings (SSSR count). The van der Waals surface area contributed by atoms with Gasteiger partial charge in [0.05, 0.1) is 17.2 Å². The Labute approximate surface area is 197 Å². The second-order valence-electron chi connectivity index (χ2n) is 8.28. The lowest BCUT2D eigenvalue weighted by atomic mass is 9.96. The van der Waals surface area contributed by atoms with Crippen LogP contribution in [0.2, 0.25) is 10.0 Å². The summed E-state index contributed by atoms with van der Waals surface area (Å²) in [6, 6.07) is 11.7. The van der Waals surface area contributed by atoms with Gasteiger partial charge < -0.3 is 15.1 Å². The van der Waals surface area contributed by atoms with Gasteiger partial charge >= 0.3 is 0 Å². The maximum Gasteiger partial charge on any atom is 0.256 e. The summed E-state index contributed by atoms with van der Waals surface area (Å²) in [7, 11) is 0. The van der Waals surface area contributed by atoms with Crippen molar-refractivity contribution in [2.24, 2.45) is 5.92 Å². The fourth-order valence-electron chi connectivity index (χ4n) is 4.28. The standard InChI is InChI=1S/C24H25Cl2N3O3/c25-18-7-5-16(6-8-18)23(31)29-13-3-4-17(15-29)22(30)27-21-10-9-19(26)14-20(21)24(32)28-11-1-2-12-28/h5-10,14,17H,1-4,11-13,15H2,(H,27,30). The Balaban J connectivity index is 1.46. The molecule has 0 radical (unpaired) electrons. The summed E-state index contributed by atoms with van der Waals surface area (Å²) in [6.45, 7) is 2.35. The highest BCUT2D eigenvalue weighted by molar-refractivity contribution is 6.31. The van der Waals surface area contributed by atoms with Crippen molar-refractivity contribution in [1.29, 1.82) is 0 Å². The number of amides is 3. The van der Waals surface area contributed by atoms with Crippen LogP contribution in [0, 0.1) is 5.92 Å². The summed E-state index contributed by atoms with van der Waals surface area (Å²) in [5, 5.41) is 3.93. The van der Waals surface area contributed by atoms with Crippen molar-refractivity contribution in [3.63, 3.8) is 0 Å². The van der Waals surface area contributed by atoms with E-state index >= 15 is 0 Å². The smallest absolute Gasteiger partial charge is 0.256 e. The summed E-state index contributed by atoms with van der Waals surface area (Å²) in [5.74, 6) is -0.791. The maximum atomic E-state index is 13.1. The second kappa shape index (κ2) is 9.92. The van der Waals surface area contributed by atoms with Crippen molar-refractivity contribution >= 4 is 46.6 Å². The molecule has 2 saturated heterocycles. The van der Waals surface area contributed by atoms with Gasteiger partial charge in [0, 0.05) is 41.8 Å². The number of hydrogen-bond acceptors (Lipinski definition) is 3. The number of halogens is 2. The van der Waals surface area contributed by atoms with Gasteiger partial charge in [-0.1, -0.05) is 23.2 Å². The Morgan fingerprint density at radius 2 is 1.47 bits per heavy atom. The highest BCUT2D eigenvalue weighted by atomic mass is 35.5. The monoisotopic (exact) mass is 473 g/mol. The molecule has 2 fully saturated rings. The molecule has 1 N–H and O–H groups in total. The summed E-state index contributed by atoms with van der Waals surface area (Å²) >= 11 is 12.1. The minimum Gasteiger partial charge on any atom is -0.339 e. The zero-order valence-corrected chi connectivity index (χ0v) is 19.2. The zero-order valence-electron chi connectivity index (χ0n) is 17.7. The first-order valence-corrected chi connectivity index (χ1v) is 11.6. The molecule has 2 aliphatic heterocycles. The van der Waals surface area contributed by atoms with Gasteiger partial charge in [-0.25, -0.2) is 0 Å². The quantitative estimate of drug-likeness (QED) is 0.697. The van der Waals surface area contributed by atoms with Crippen molar-refractivity contribution in [3.05, 3.63) is 63.6 Å². The Bertz CT molecular complexity index is 1020. The van der Waals surface area contributed by atoms with Gasteiger partial charge in [-0.15, -0.1) is 0 Å². The summed E-state index contributed by atoms with van der Waals surface area (Å²) < 4.78 is 0. The van der Waals surface area contributed by atoms with E-state index < -0.39 is 0 Å². The molecule has 3 amide bonds. The van der Waals surface area contributed by atoms with E-state index in [1.54, 1.807) is 52.3 Å². The molecular weight excluding hydrogens is 449 g/mol. The zero-order chi connectivity index (χ0) is 22.7. The maximum absolute atomic E-state index is 13.1. The van der Waals surface area contributed by atoms with Crippen LogP contribution in [0.15, 0.2) is 42.5 Å². The molecule has 6 nitrogen and oxygen atoms in total. The van der Waals surface area contributed by atoms with Crippen LogP contribution in [0.4, 0.5) is 5.69 Å². The number of nitrogens with zero attached hydrogens (tertiary/aromatic N) is 2. The second-order valence-corrected chi connectivity index (χ2v) is 9.15. The third-order valence-electron chi connectivity index (χ3n) is 6.03. The van der Waals surface area contributed by atoms with Gasteiger partial charge in [0.25, 0.3) is 11.8 Å². The average molecular weight is 474 g/mol. The Morgan fingerprint density at radius 1 is 0.812 bits per heavy atom. The molecule has 0 aliphatic carbocycles. The fraction of sp³-hybridized carbons (Fsp3) is 0.375. The molecule has 0 bridgehead atoms. The number of carbonyl (C=O) groups is 3. The molecule has 2 heterocycles. The largest absolute Gasteiger partial charge is 0.339 e. The number of anilines is 1. The van der Waals surface area contributed by atoms with Crippen LogP contribution >= 0.6 is 23.2 Å². The number of likely N-dealkylation sites (tertiary alicyclic amines) is 2. The number of benzene rings is 2. The van der Waals surface area contributed by atoms with Crippen LogP contribution in [0.5, 0.6) is 0 Å². The van der Waals surface area contributed by atoms with E-state index in [-0.39, 0.29) is 23.6 Å². The molecular formula is C24H25Cl2N3O3. The molecule has 0 aromatic heterocycles. The molecule has 2 aromatic rings. The molecule has 2 aromatic carbocycles. The summed E-state index contributed by atoms with van der Waals surface area (Å²) in [5.41, 5.74) is 1.40. The molecule has 32 heavy (non-hydrogen) atoms. The van der Waals surface area contributed by atoms with Gasteiger partial charge in [0.2, 0.25) is 5.91 Å². The number of hydrogen-bond donors (Lipinski definition) is 1. The van der Waals surface area contributed by atoms with E-state index in [1.165, 1.54) is 0 Å². The third kappa shape index (κ3) is 5.08. The first-order chi connectivity index (χ1) is 15.4. The van der Waals surface area contributed by atoms with E-state index in [1.807, 2.05) is 0 Å². The van der Waals surface area contributed by atoms with E-state index in [9.17, 15) is 14.4 Å². The fourth-order valence-corrected chi connectivity index (χ4v) is 4.58. The predicted octanol–water partition coefficient (Wildman–Crippen LogP) is 4.72. The third-order valence-corrected chi connectivity index (χ3v) is 6.52. The Hall–Kier alpha value is -2.57. The minimum absolute atomic E-state index is 0.115. The number of nitrogens with one attached hydrogen (secondary N) is 1. The van der Waals surface area contributed by atoms with Gasteiger partial charge in [0.1, 0.15) is 0 Å². The van der Waals surface area contributed by atoms with Crippen LogP contribution in [-0.2, 0) is 4.79 Å². The number of carbonyl (C=O) groups excluding carboxylic acids is 3. The molecule has 1 atom stereocenters. The van der Waals surface area contributed by atoms with E-state index in [0.717, 1.165) is 19.3 Å². The molecule has 1 unspecified atom stereocenters. The van der Waals surface area contributed by atoms with Crippen LogP contribution in [-0.4, -0.2) is 53.7 Å². The van der Waals surface area contributed by atoms with Gasteiger partial charge in [-0.05, 0) is 68.1 Å². The van der Waals surface area contributed by atoms with Crippen LogP contribution in [0.25, 0.3) is 0 Å². The van der Waals surface area contributed by atoms with Crippen molar-refractivity contribution in [1.82, 2.24) is 9.80 Å². The predicted molar refractivity (Wildman–Crippen MR) is 125 cm³/mol. The van der Waals surface area contributed by atoms with Crippen LogP contribution in [0.3, 0.4) is 0 Å². The van der Waals surface area contributed by atoms with Crippen LogP contribution in [0.1, 0.15) is 46.4 Å². The molecule has 168 valence electrons. The van der Waals surface area contributed by atoms with Crippen molar-refractivity contribution < 1.29 is 14.4 Å². The first kappa shape index (κ1) is 22.6. The summed E-state index contributed by atoms with van der Waals surface area (Å²) in [4.78, 5) is 42.4. The molecule has 8 heteroatoms. The highest BCUT2D eigenvalue weighted by Crippen LogP contribution is 2.26. The molecule has 2 aliphatic rings. The highest BCUT2D eigenvalue weighted by Gasteiger charge is 2.30. The Kier molecular flexibility index (Phi) is 7.01. The van der Waals surface area contributed by atoms with E-state index in [4.69, 9.17) is 23.2 Å². The lowest BCUT2D eigenvalue weighted by Gasteiger charge is -2.32. The van der Waals surface area contributed by atoms with Crippen molar-refractivity contribution in [2.75, 3.05) is 31.5 Å².